The van der Waals surface area contributed by atoms with Crippen LogP contribution in [-0.2, 0) is 37.0 Å². The van der Waals surface area contributed by atoms with Crippen molar-refractivity contribution in [1.29, 1.82) is 0 Å². The van der Waals surface area contributed by atoms with Gasteiger partial charge in [0.15, 0.2) is 6.10 Å². The zero-order chi connectivity index (χ0) is 19.8. The van der Waals surface area contributed by atoms with Crippen LogP contribution in [0, 0.1) is 0 Å². The summed E-state index contributed by atoms with van der Waals surface area (Å²) in [7, 11) is 0. The van der Waals surface area contributed by atoms with Gasteiger partial charge in [-0.3, -0.25) is 4.79 Å². The Morgan fingerprint density at radius 2 is 1.68 bits per heavy atom. The largest absolute Gasteiger partial charge is 0.457 e. The lowest BCUT2D eigenvalue weighted by Gasteiger charge is -2.32. The minimum Gasteiger partial charge on any atom is -0.457 e. The van der Waals surface area contributed by atoms with Crippen molar-refractivity contribution < 1.29 is 28.1 Å². The minimum absolute atomic E-state index is 0.00435. The highest BCUT2D eigenvalue weighted by atomic mass is 19.1. The second-order valence-electron chi connectivity index (χ2n) is 6.85. The molecule has 0 spiro atoms. The molecular formula is C22H25FO5. The molecule has 6 heteroatoms. The quantitative estimate of drug-likeness (QED) is 0.616. The summed E-state index contributed by atoms with van der Waals surface area (Å²) >= 11 is 0. The molecule has 1 fully saturated rings. The predicted molar refractivity (Wildman–Crippen MR) is 101 cm³/mol. The molecule has 2 aromatic rings. The summed E-state index contributed by atoms with van der Waals surface area (Å²) in [5.41, 5.74) is 0.602. The molecule has 150 valence electrons. The number of alkyl halides is 1. The minimum atomic E-state index is -1.32. The topological polar surface area (TPSA) is 54.0 Å². The first-order valence-corrected chi connectivity index (χ1v) is 9.27. The van der Waals surface area contributed by atoms with Crippen molar-refractivity contribution >= 4 is 5.97 Å². The normalized spacial score (nSPS) is 24.2. The Kier molecular flexibility index (Phi) is 7.14. The van der Waals surface area contributed by atoms with Gasteiger partial charge in [0.1, 0.15) is 18.4 Å². The van der Waals surface area contributed by atoms with Crippen molar-refractivity contribution in [1.82, 2.24) is 0 Å². The number of carbonyl (C=O) groups excluding carboxylic acids is 1. The fourth-order valence-electron chi connectivity index (χ4n) is 3.28. The molecule has 0 amide bonds. The third-order valence-corrected chi connectivity index (χ3v) is 4.67. The molecule has 0 aliphatic carbocycles. The molecule has 3 rings (SSSR count). The Morgan fingerprint density at radius 1 is 1.07 bits per heavy atom. The van der Waals surface area contributed by atoms with Gasteiger partial charge in [-0.25, -0.2) is 4.39 Å². The Morgan fingerprint density at radius 3 is 2.25 bits per heavy atom. The number of halogens is 1. The Balaban J connectivity index is 1.69. The highest BCUT2D eigenvalue weighted by Crippen LogP contribution is 2.33. The Labute approximate surface area is 164 Å². The van der Waals surface area contributed by atoms with Crippen LogP contribution in [0.4, 0.5) is 4.39 Å². The molecule has 1 aliphatic heterocycles. The molecule has 5 nitrogen and oxygen atoms in total. The summed E-state index contributed by atoms with van der Waals surface area (Å²) in [5.74, 6) is -0.457. The molecule has 0 unspecified atom stereocenters. The van der Waals surface area contributed by atoms with Crippen LogP contribution < -0.4 is 0 Å². The Bertz CT molecular complexity index is 739. The molecule has 0 aromatic heterocycles. The first-order valence-electron chi connectivity index (χ1n) is 9.27. The second kappa shape index (κ2) is 9.78. The maximum absolute atomic E-state index is 14.1. The van der Waals surface area contributed by atoms with E-state index < -0.39 is 30.5 Å². The van der Waals surface area contributed by atoms with E-state index in [0.717, 1.165) is 11.1 Å². The molecule has 0 saturated carbocycles. The van der Waals surface area contributed by atoms with E-state index in [-0.39, 0.29) is 19.8 Å². The van der Waals surface area contributed by atoms with Crippen molar-refractivity contribution in [3.05, 3.63) is 71.8 Å². The summed E-state index contributed by atoms with van der Waals surface area (Å²) < 4.78 is 36.9. The van der Waals surface area contributed by atoms with E-state index in [4.69, 9.17) is 18.9 Å². The van der Waals surface area contributed by atoms with E-state index in [0.29, 0.717) is 6.61 Å². The van der Waals surface area contributed by atoms with Crippen molar-refractivity contribution in [2.75, 3.05) is 19.9 Å². The van der Waals surface area contributed by atoms with Crippen LogP contribution in [0.5, 0.6) is 0 Å². The van der Waals surface area contributed by atoms with Gasteiger partial charge in [0.2, 0.25) is 0 Å². The summed E-state index contributed by atoms with van der Waals surface area (Å²) in [4.78, 5) is 11.5. The summed E-state index contributed by atoms with van der Waals surface area (Å²) in [6.45, 7) is 1.16. The van der Waals surface area contributed by atoms with Crippen molar-refractivity contribution in [3.8, 4) is 0 Å². The van der Waals surface area contributed by atoms with Gasteiger partial charge >= 0.3 is 5.97 Å². The number of esters is 1. The zero-order valence-corrected chi connectivity index (χ0v) is 15.9. The van der Waals surface area contributed by atoms with Crippen LogP contribution in [-0.4, -0.2) is 43.7 Å². The van der Waals surface area contributed by atoms with Crippen molar-refractivity contribution in [2.24, 2.45) is 0 Å². The van der Waals surface area contributed by atoms with E-state index in [1.165, 1.54) is 6.92 Å². The number of benzene rings is 2. The summed E-state index contributed by atoms with van der Waals surface area (Å²) in [6.07, 6.45) is -1.45. The summed E-state index contributed by atoms with van der Waals surface area (Å²) in [5, 5.41) is 0. The van der Waals surface area contributed by atoms with E-state index >= 15 is 0 Å². The van der Waals surface area contributed by atoms with Crippen molar-refractivity contribution in [3.63, 3.8) is 0 Å². The average molecular weight is 388 g/mol. The van der Waals surface area contributed by atoms with Crippen LogP contribution in [0.3, 0.4) is 0 Å². The van der Waals surface area contributed by atoms with Crippen LogP contribution in [0.1, 0.15) is 18.1 Å². The van der Waals surface area contributed by atoms with Gasteiger partial charge in [-0.15, -0.1) is 0 Å². The van der Waals surface area contributed by atoms with E-state index in [2.05, 4.69) is 0 Å². The lowest BCUT2D eigenvalue weighted by Crippen LogP contribution is -2.51. The first-order chi connectivity index (χ1) is 13.6. The van der Waals surface area contributed by atoms with Crippen molar-refractivity contribution in [2.45, 2.75) is 37.9 Å². The zero-order valence-electron chi connectivity index (χ0n) is 15.9. The third-order valence-electron chi connectivity index (χ3n) is 4.67. The maximum Gasteiger partial charge on any atom is 0.303 e. The highest BCUT2D eigenvalue weighted by molar-refractivity contribution is 5.66. The Hall–Kier alpha value is -2.28. The summed E-state index contributed by atoms with van der Waals surface area (Å²) in [6, 6.07) is 19.2. The van der Waals surface area contributed by atoms with Gasteiger partial charge in [-0.05, 0) is 11.1 Å². The number of carbonyl (C=O) groups is 1. The molecular weight excluding hydrogens is 363 g/mol. The predicted octanol–water partition coefficient (Wildman–Crippen LogP) is 3.46. The number of hydrogen-bond acceptors (Lipinski definition) is 5. The molecule has 3 atom stereocenters. The van der Waals surface area contributed by atoms with Gasteiger partial charge in [-0.2, -0.15) is 0 Å². The average Bonchev–Trinajstić information content (AvgIpc) is 3.05. The maximum atomic E-state index is 14.1. The van der Waals surface area contributed by atoms with E-state index in [9.17, 15) is 9.18 Å². The SMILES string of the molecule is CC(=O)O[C@@H]1CO[C@](CF)(COCc2ccccc2)[C@@H]1OCc1ccccc1. The van der Waals surface area contributed by atoms with Gasteiger partial charge < -0.3 is 18.9 Å². The molecule has 0 radical (unpaired) electrons. The van der Waals surface area contributed by atoms with Gasteiger partial charge in [0, 0.05) is 6.92 Å². The third kappa shape index (κ3) is 5.16. The standard InChI is InChI=1S/C22H25FO5/c1-17(24)28-20-14-27-22(15-23,16-25-12-18-8-4-2-5-9-18)21(20)26-13-19-10-6-3-7-11-19/h2-11,20-21H,12-16H2,1H3/t20-,21-,22-/m1/s1. The van der Waals surface area contributed by atoms with Crippen LogP contribution in [0.15, 0.2) is 60.7 Å². The first kappa shape index (κ1) is 20.5. The smallest absolute Gasteiger partial charge is 0.303 e. The van der Waals surface area contributed by atoms with Crippen LogP contribution in [0.25, 0.3) is 0 Å². The van der Waals surface area contributed by atoms with Crippen LogP contribution >= 0.6 is 0 Å². The number of rotatable bonds is 9. The fourth-order valence-corrected chi connectivity index (χ4v) is 3.28. The molecule has 0 N–H and O–H groups in total. The molecule has 0 bridgehead atoms. The van der Waals surface area contributed by atoms with E-state index in [1.54, 1.807) is 0 Å². The highest BCUT2D eigenvalue weighted by Gasteiger charge is 2.53. The lowest BCUT2D eigenvalue weighted by atomic mass is 9.97. The molecule has 1 aliphatic rings. The van der Waals surface area contributed by atoms with Gasteiger partial charge in [0.05, 0.1) is 26.4 Å². The molecule has 1 saturated heterocycles. The lowest BCUT2D eigenvalue weighted by molar-refractivity contribution is -0.163. The van der Waals surface area contributed by atoms with Gasteiger partial charge in [-0.1, -0.05) is 60.7 Å². The molecule has 2 aromatic carbocycles. The molecule has 28 heavy (non-hydrogen) atoms. The second-order valence-corrected chi connectivity index (χ2v) is 6.85. The van der Waals surface area contributed by atoms with Crippen LogP contribution in [0.2, 0.25) is 0 Å². The van der Waals surface area contributed by atoms with E-state index in [1.807, 2.05) is 60.7 Å². The van der Waals surface area contributed by atoms with Gasteiger partial charge in [0.25, 0.3) is 0 Å². The molecule has 1 heterocycles. The number of ether oxygens (including phenoxy) is 4. The monoisotopic (exact) mass is 388 g/mol. The fraction of sp³-hybridized carbons (Fsp3) is 0.409. The number of hydrogen-bond donors (Lipinski definition) is 0.